The van der Waals surface area contributed by atoms with Crippen LogP contribution < -0.4 is 0 Å². The first-order chi connectivity index (χ1) is 8.90. The molecule has 2 nitrogen and oxygen atoms in total. The smallest absolute Gasteiger partial charge is 0.333 e. The molecule has 0 unspecified atom stereocenters. The lowest BCUT2D eigenvalue weighted by atomic mass is 10.1. The summed E-state index contributed by atoms with van der Waals surface area (Å²) in [7, 11) is -1.36. The second kappa shape index (κ2) is 10.2. The average molecular weight is 285 g/mol. The van der Waals surface area contributed by atoms with Crippen LogP contribution in [0.1, 0.15) is 58.8 Å². The van der Waals surface area contributed by atoms with Crippen molar-refractivity contribution in [3.05, 3.63) is 11.3 Å². The molecule has 0 aliphatic carbocycles. The second-order valence-electron chi connectivity index (χ2n) is 6.27. The van der Waals surface area contributed by atoms with Crippen LogP contribution in [0.3, 0.4) is 0 Å². The van der Waals surface area contributed by atoms with Crippen molar-refractivity contribution in [1.29, 1.82) is 0 Å². The predicted molar refractivity (Wildman–Crippen MR) is 86.1 cm³/mol. The lowest BCUT2D eigenvalue weighted by Crippen LogP contribution is -2.20. The van der Waals surface area contributed by atoms with Crippen LogP contribution in [0.5, 0.6) is 0 Å². The van der Waals surface area contributed by atoms with E-state index in [1.807, 2.05) is 6.92 Å². The Morgan fingerprint density at radius 1 is 1.00 bits per heavy atom. The Morgan fingerprint density at radius 3 is 2.11 bits per heavy atom. The third-order valence-corrected chi connectivity index (χ3v) is 4.16. The van der Waals surface area contributed by atoms with Crippen molar-refractivity contribution in [3.63, 3.8) is 0 Å². The molecule has 0 aromatic carbocycles. The van der Waals surface area contributed by atoms with E-state index in [-0.39, 0.29) is 5.97 Å². The van der Waals surface area contributed by atoms with E-state index in [0.29, 0.717) is 6.61 Å². The van der Waals surface area contributed by atoms with Gasteiger partial charge < -0.3 is 4.74 Å². The third kappa shape index (κ3) is 11.0. The SMILES string of the molecule is CCCCCCCC/C(=C\[Si](C)(C)C)C(=O)OCC. The molecule has 0 amide bonds. The highest BCUT2D eigenvalue weighted by Gasteiger charge is 2.16. The van der Waals surface area contributed by atoms with Gasteiger partial charge in [-0.2, -0.15) is 0 Å². The van der Waals surface area contributed by atoms with Crippen molar-refractivity contribution in [1.82, 2.24) is 0 Å². The van der Waals surface area contributed by atoms with Gasteiger partial charge in [0.25, 0.3) is 0 Å². The fourth-order valence-corrected chi connectivity index (χ4v) is 3.38. The lowest BCUT2D eigenvalue weighted by molar-refractivity contribution is -0.138. The van der Waals surface area contributed by atoms with E-state index < -0.39 is 8.07 Å². The van der Waals surface area contributed by atoms with E-state index in [4.69, 9.17) is 4.74 Å². The molecule has 3 heteroatoms. The van der Waals surface area contributed by atoms with Gasteiger partial charge in [0.2, 0.25) is 0 Å². The average Bonchev–Trinajstić information content (AvgIpc) is 2.31. The van der Waals surface area contributed by atoms with Crippen LogP contribution in [-0.4, -0.2) is 20.7 Å². The monoisotopic (exact) mass is 284 g/mol. The maximum atomic E-state index is 11.9. The number of hydrogen-bond donors (Lipinski definition) is 0. The summed E-state index contributed by atoms with van der Waals surface area (Å²) in [5.74, 6) is -0.0986. The molecule has 0 aliphatic rings. The van der Waals surface area contributed by atoms with E-state index in [1.54, 1.807) is 0 Å². The molecular formula is C16H32O2Si. The first-order valence-electron chi connectivity index (χ1n) is 7.79. The number of esters is 1. The van der Waals surface area contributed by atoms with Crippen LogP contribution >= 0.6 is 0 Å². The Morgan fingerprint density at radius 2 is 1.58 bits per heavy atom. The molecule has 0 saturated heterocycles. The molecule has 0 fully saturated rings. The minimum atomic E-state index is -1.36. The molecule has 0 aromatic heterocycles. The van der Waals surface area contributed by atoms with Crippen molar-refractivity contribution >= 4 is 14.0 Å². The quantitative estimate of drug-likeness (QED) is 0.241. The van der Waals surface area contributed by atoms with Gasteiger partial charge in [0.05, 0.1) is 14.7 Å². The van der Waals surface area contributed by atoms with Crippen molar-refractivity contribution in [2.24, 2.45) is 0 Å². The largest absolute Gasteiger partial charge is 0.463 e. The Balaban J connectivity index is 4.22. The third-order valence-electron chi connectivity index (χ3n) is 2.94. The first kappa shape index (κ1) is 18.4. The highest BCUT2D eigenvalue weighted by molar-refractivity contribution is 6.81. The summed E-state index contributed by atoms with van der Waals surface area (Å²) in [6.07, 6.45) is 8.44. The maximum absolute atomic E-state index is 11.9. The second-order valence-corrected chi connectivity index (χ2v) is 11.3. The molecule has 0 radical (unpaired) electrons. The van der Waals surface area contributed by atoms with Crippen LogP contribution in [-0.2, 0) is 9.53 Å². The molecule has 0 heterocycles. The molecule has 0 bridgehead atoms. The lowest BCUT2D eigenvalue weighted by Gasteiger charge is -2.14. The van der Waals surface area contributed by atoms with Gasteiger partial charge in [0, 0.05) is 5.57 Å². The van der Waals surface area contributed by atoms with Crippen molar-refractivity contribution < 1.29 is 9.53 Å². The Hall–Kier alpha value is -0.573. The zero-order chi connectivity index (χ0) is 14.7. The zero-order valence-corrected chi connectivity index (χ0v) is 14.6. The topological polar surface area (TPSA) is 26.3 Å². The number of rotatable bonds is 10. The minimum Gasteiger partial charge on any atom is -0.463 e. The fraction of sp³-hybridized carbons (Fsp3) is 0.812. The Bertz CT molecular complexity index is 277. The number of carbonyl (C=O) groups is 1. The van der Waals surface area contributed by atoms with Gasteiger partial charge in [-0.1, -0.05) is 64.4 Å². The number of ether oxygens (including phenoxy) is 1. The molecule has 0 atom stereocenters. The van der Waals surface area contributed by atoms with Crippen molar-refractivity contribution in [2.45, 2.75) is 78.4 Å². The zero-order valence-electron chi connectivity index (χ0n) is 13.6. The van der Waals surface area contributed by atoms with Gasteiger partial charge in [0.15, 0.2) is 0 Å². The van der Waals surface area contributed by atoms with Crippen LogP contribution in [0.2, 0.25) is 19.6 Å². The minimum absolute atomic E-state index is 0.0986. The van der Waals surface area contributed by atoms with E-state index >= 15 is 0 Å². The molecule has 0 spiro atoms. The fourth-order valence-electron chi connectivity index (χ4n) is 2.08. The van der Waals surface area contributed by atoms with Crippen LogP contribution in [0.4, 0.5) is 0 Å². The van der Waals surface area contributed by atoms with Gasteiger partial charge in [0.1, 0.15) is 0 Å². The standard InChI is InChI=1S/C16H32O2Si/c1-6-8-9-10-11-12-13-15(14-19(3,4)5)16(17)18-7-2/h14H,6-13H2,1-5H3/b15-14+. The summed E-state index contributed by atoms with van der Waals surface area (Å²) in [5, 5.41) is 0. The normalized spacial score (nSPS) is 12.6. The molecule has 0 N–H and O–H groups in total. The summed E-state index contributed by atoms with van der Waals surface area (Å²) in [5.41, 5.74) is 3.12. The molecule has 0 aliphatic heterocycles. The van der Waals surface area contributed by atoms with E-state index in [0.717, 1.165) is 18.4 Å². The van der Waals surface area contributed by atoms with E-state index in [1.165, 1.54) is 32.1 Å². The van der Waals surface area contributed by atoms with Crippen LogP contribution in [0.25, 0.3) is 0 Å². The number of hydrogen-bond acceptors (Lipinski definition) is 2. The molecule has 0 aromatic rings. The Labute approximate surface area is 120 Å². The summed E-state index contributed by atoms with van der Waals surface area (Å²) < 4.78 is 5.16. The van der Waals surface area contributed by atoms with Crippen molar-refractivity contribution in [3.8, 4) is 0 Å². The number of carbonyl (C=O) groups excluding carboxylic acids is 1. The first-order valence-corrected chi connectivity index (χ1v) is 11.4. The molecule has 0 saturated carbocycles. The predicted octanol–water partition coefficient (Wildman–Crippen LogP) is 5.10. The summed E-state index contributed by atoms with van der Waals surface area (Å²) >= 11 is 0. The highest BCUT2D eigenvalue weighted by Crippen LogP contribution is 2.16. The summed E-state index contributed by atoms with van der Waals surface area (Å²) in [6.45, 7) is 11.3. The molecule has 112 valence electrons. The Kier molecular flexibility index (Phi) is 9.93. The summed E-state index contributed by atoms with van der Waals surface area (Å²) in [6, 6.07) is 0. The highest BCUT2D eigenvalue weighted by atomic mass is 28.3. The molecular weight excluding hydrogens is 252 g/mol. The van der Waals surface area contributed by atoms with Gasteiger partial charge in [-0.05, 0) is 19.8 Å². The maximum Gasteiger partial charge on any atom is 0.333 e. The van der Waals surface area contributed by atoms with Gasteiger partial charge in [-0.25, -0.2) is 4.79 Å². The van der Waals surface area contributed by atoms with Gasteiger partial charge >= 0.3 is 5.97 Å². The van der Waals surface area contributed by atoms with Gasteiger partial charge in [-0.15, -0.1) is 0 Å². The van der Waals surface area contributed by atoms with Crippen LogP contribution in [0, 0.1) is 0 Å². The molecule has 19 heavy (non-hydrogen) atoms. The van der Waals surface area contributed by atoms with Gasteiger partial charge in [-0.3, -0.25) is 0 Å². The van der Waals surface area contributed by atoms with Crippen molar-refractivity contribution in [2.75, 3.05) is 6.61 Å². The van der Waals surface area contributed by atoms with E-state index in [2.05, 4.69) is 32.3 Å². The summed E-state index contributed by atoms with van der Waals surface area (Å²) in [4.78, 5) is 11.9. The van der Waals surface area contributed by atoms with Crippen LogP contribution in [0.15, 0.2) is 11.3 Å². The van der Waals surface area contributed by atoms with E-state index in [9.17, 15) is 4.79 Å². The number of unbranched alkanes of at least 4 members (excludes halogenated alkanes) is 5. The molecule has 0 rings (SSSR count).